The predicted octanol–water partition coefficient (Wildman–Crippen LogP) is 4.46. The van der Waals surface area contributed by atoms with E-state index in [2.05, 4.69) is 18.2 Å². The van der Waals surface area contributed by atoms with Crippen LogP contribution in [-0.4, -0.2) is 0 Å². The molecule has 0 N–H and O–H groups in total. The minimum atomic E-state index is 0. The van der Waals surface area contributed by atoms with Gasteiger partial charge in [-0.2, -0.15) is 109 Å². The molecule has 0 spiro atoms. The van der Waals surface area contributed by atoms with Gasteiger partial charge in [0.15, 0.2) is 0 Å². The average molecular weight is 410 g/mol. The molecule has 3 aromatic rings. The minimum Gasteiger partial charge on any atom is -0.184 e. The van der Waals surface area contributed by atoms with Crippen LogP contribution in [0.25, 0.3) is 0 Å². The molecule has 0 aromatic heterocycles. The van der Waals surface area contributed by atoms with Gasteiger partial charge in [0.1, 0.15) is 0 Å². The molecule has 0 heterocycles. The van der Waals surface area contributed by atoms with Crippen molar-refractivity contribution in [3.8, 4) is 0 Å². The largest absolute Gasteiger partial charge is 0.184 e. The first-order valence-electron chi connectivity index (χ1n) is 5.73. The van der Waals surface area contributed by atoms with E-state index in [1.165, 1.54) is 0 Å². The molecule has 0 atom stereocenters. The Morgan fingerprint density at radius 3 is 0.579 bits per heavy atom. The smallest absolute Gasteiger partial charge is 0 e. The second-order valence-corrected chi connectivity index (χ2v) is 3.23. The molecule has 0 aliphatic rings. The topological polar surface area (TPSA) is 0 Å². The van der Waals surface area contributed by atoms with Crippen molar-refractivity contribution in [2.75, 3.05) is 0 Å². The Morgan fingerprint density at radius 2 is 0.526 bits per heavy atom. The predicted molar refractivity (Wildman–Crippen MR) is 75.8 cm³/mol. The summed E-state index contributed by atoms with van der Waals surface area (Å²) in [7, 11) is 0. The first kappa shape index (κ1) is 17.5. The quantitative estimate of drug-likeness (QED) is 0.380. The number of hydrogen-bond acceptors (Lipinski definition) is 0. The Hall–Kier alpha value is -1.47. The second kappa shape index (κ2) is 14.6. The molecule has 0 unspecified atom stereocenters. The third-order valence-corrected chi connectivity index (χ3v) is 1.82. The van der Waals surface area contributed by atoms with Crippen molar-refractivity contribution in [1.29, 1.82) is 0 Å². The summed E-state index contributed by atoms with van der Waals surface area (Å²) in [6.07, 6.45) is 0. The maximum absolute atomic E-state index is 2.89. The van der Waals surface area contributed by atoms with Crippen molar-refractivity contribution in [1.82, 2.24) is 0 Å². The van der Waals surface area contributed by atoms with E-state index in [9.17, 15) is 0 Å². The van der Waals surface area contributed by atoms with Gasteiger partial charge < -0.3 is 0 Å². The zero-order chi connectivity index (χ0) is 12.7. The molecule has 0 radical (unpaired) electrons. The van der Waals surface area contributed by atoms with E-state index in [4.69, 9.17) is 0 Å². The van der Waals surface area contributed by atoms with Crippen molar-refractivity contribution >= 4 is 0 Å². The Bertz CT molecular complexity index is 296. The number of hydrogen-bond donors (Lipinski definition) is 0. The molecule has 1 heteroatoms. The molecule has 0 amide bonds. The standard InChI is InChI=1S/3C6H5.Hf/c3*1-2-4-6-5-3-1;/h3*1-5H;/q3*-1;. The van der Waals surface area contributed by atoms with Crippen LogP contribution in [0.15, 0.2) is 91.0 Å². The summed E-state index contributed by atoms with van der Waals surface area (Å²) in [4.78, 5) is 0. The summed E-state index contributed by atoms with van der Waals surface area (Å²) in [5.41, 5.74) is 0. The SMILES string of the molecule is [Hf].[c-]1ccccc1.[c-]1ccccc1.[c-]1ccccc1. The molecule has 0 bridgehead atoms. The van der Waals surface area contributed by atoms with E-state index in [0.29, 0.717) is 0 Å². The van der Waals surface area contributed by atoms with Crippen LogP contribution in [0.4, 0.5) is 0 Å². The molecule has 0 aliphatic heterocycles. The van der Waals surface area contributed by atoms with Crippen LogP contribution in [0.1, 0.15) is 0 Å². The van der Waals surface area contributed by atoms with E-state index < -0.39 is 0 Å². The fourth-order valence-corrected chi connectivity index (χ4v) is 1.03. The van der Waals surface area contributed by atoms with Crippen molar-refractivity contribution in [3.63, 3.8) is 0 Å². The monoisotopic (exact) mass is 411 g/mol. The third-order valence-electron chi connectivity index (χ3n) is 1.82. The molecular weight excluding hydrogens is 395 g/mol. The summed E-state index contributed by atoms with van der Waals surface area (Å²) >= 11 is 0. The van der Waals surface area contributed by atoms with Crippen molar-refractivity contribution in [2.45, 2.75) is 0 Å². The Labute approximate surface area is 134 Å². The zero-order valence-electron chi connectivity index (χ0n) is 10.7. The summed E-state index contributed by atoms with van der Waals surface area (Å²) < 4.78 is 0. The number of benzene rings is 3. The summed E-state index contributed by atoms with van der Waals surface area (Å²) in [5, 5.41) is 0. The van der Waals surface area contributed by atoms with E-state index in [1.54, 1.807) is 0 Å². The van der Waals surface area contributed by atoms with Gasteiger partial charge in [-0.15, -0.1) is 0 Å². The van der Waals surface area contributed by atoms with E-state index in [-0.39, 0.29) is 25.8 Å². The van der Waals surface area contributed by atoms with Gasteiger partial charge in [-0.05, 0) is 0 Å². The first-order valence-corrected chi connectivity index (χ1v) is 5.73. The van der Waals surface area contributed by atoms with E-state index in [0.717, 1.165) is 0 Å². The van der Waals surface area contributed by atoms with Crippen LogP contribution >= 0.6 is 0 Å². The van der Waals surface area contributed by atoms with Gasteiger partial charge in [-0.1, -0.05) is 0 Å². The first-order chi connectivity index (χ1) is 9.00. The third kappa shape index (κ3) is 12.8. The summed E-state index contributed by atoms with van der Waals surface area (Å²) in [6, 6.07) is 37.5. The number of rotatable bonds is 0. The van der Waals surface area contributed by atoms with Crippen LogP contribution in [0.3, 0.4) is 0 Å². The van der Waals surface area contributed by atoms with Gasteiger partial charge in [0, 0.05) is 25.8 Å². The molecule has 3 aromatic carbocycles. The van der Waals surface area contributed by atoms with Gasteiger partial charge in [-0.25, -0.2) is 0 Å². The van der Waals surface area contributed by atoms with Gasteiger partial charge in [0.2, 0.25) is 0 Å². The van der Waals surface area contributed by atoms with Gasteiger partial charge >= 0.3 is 0 Å². The molecule has 0 fully saturated rings. The molecular formula is C18H15Hf-3. The van der Waals surface area contributed by atoms with E-state index in [1.807, 2.05) is 91.0 Å². The second-order valence-electron chi connectivity index (χ2n) is 3.23. The molecule has 0 aliphatic carbocycles. The zero-order valence-corrected chi connectivity index (χ0v) is 14.3. The molecule has 0 saturated carbocycles. The molecule has 3 rings (SSSR count). The molecule has 94 valence electrons. The van der Waals surface area contributed by atoms with Gasteiger partial charge in [0.05, 0.1) is 0 Å². The fraction of sp³-hybridized carbons (Fsp3) is 0. The van der Waals surface area contributed by atoms with Crippen molar-refractivity contribution < 1.29 is 25.8 Å². The molecule has 19 heavy (non-hydrogen) atoms. The fourth-order valence-electron chi connectivity index (χ4n) is 1.03. The average Bonchev–Trinajstić information content (AvgIpc) is 2.54. The Morgan fingerprint density at radius 1 is 0.316 bits per heavy atom. The van der Waals surface area contributed by atoms with Crippen LogP contribution in [0.5, 0.6) is 0 Å². The maximum Gasteiger partial charge on any atom is 0 e. The molecule has 0 nitrogen and oxygen atoms in total. The van der Waals surface area contributed by atoms with Gasteiger partial charge in [-0.3, -0.25) is 0 Å². The van der Waals surface area contributed by atoms with E-state index >= 15 is 0 Å². The maximum atomic E-state index is 2.89. The Balaban J connectivity index is 0.000000249. The van der Waals surface area contributed by atoms with Crippen LogP contribution < -0.4 is 0 Å². The normalized spacial score (nSPS) is 7.58. The van der Waals surface area contributed by atoms with Gasteiger partial charge in [0.25, 0.3) is 0 Å². The summed E-state index contributed by atoms with van der Waals surface area (Å²) in [6.45, 7) is 0. The summed E-state index contributed by atoms with van der Waals surface area (Å²) in [5.74, 6) is 0. The van der Waals surface area contributed by atoms with Crippen LogP contribution in [-0.2, 0) is 25.8 Å². The van der Waals surface area contributed by atoms with Crippen LogP contribution in [0.2, 0.25) is 0 Å². The molecule has 0 saturated heterocycles. The van der Waals surface area contributed by atoms with Crippen molar-refractivity contribution in [3.05, 3.63) is 109 Å². The minimum absolute atomic E-state index is 0. The van der Waals surface area contributed by atoms with Crippen molar-refractivity contribution in [2.24, 2.45) is 0 Å². The Kier molecular flexibility index (Phi) is 13.5. The van der Waals surface area contributed by atoms with Crippen LogP contribution in [0, 0.1) is 18.2 Å².